The maximum Gasteiger partial charge on any atom is 0.310 e. The zero-order valence-corrected chi connectivity index (χ0v) is 25.9. The quantitative estimate of drug-likeness (QED) is 0.262. The predicted molar refractivity (Wildman–Crippen MR) is 168 cm³/mol. The molecule has 0 saturated carbocycles. The first kappa shape index (κ1) is 40.4. The Morgan fingerprint density at radius 1 is 0.886 bits per heavy atom. The van der Waals surface area contributed by atoms with Crippen molar-refractivity contribution in [2.24, 2.45) is 11.8 Å². The van der Waals surface area contributed by atoms with Crippen molar-refractivity contribution in [3.8, 4) is 37.0 Å². The smallest absolute Gasteiger partial charge is 0.310 e. The first-order valence-corrected chi connectivity index (χ1v) is 14.2. The van der Waals surface area contributed by atoms with E-state index in [0.29, 0.717) is 19.3 Å². The first-order valence-electron chi connectivity index (χ1n) is 14.2. The van der Waals surface area contributed by atoms with E-state index in [1.54, 1.807) is 6.92 Å². The number of aryl methyl sites for hydroxylation is 1. The molecule has 242 valence electrons. The Labute approximate surface area is 262 Å². The van der Waals surface area contributed by atoms with Crippen LogP contribution in [0.5, 0.6) is 0 Å². The lowest BCUT2D eigenvalue weighted by Gasteiger charge is -2.24. The highest BCUT2D eigenvalue weighted by Gasteiger charge is 2.47. The average Bonchev–Trinajstić information content (AvgIpc) is 3.57. The van der Waals surface area contributed by atoms with Crippen LogP contribution in [-0.2, 0) is 23.8 Å². The summed E-state index contributed by atoms with van der Waals surface area (Å²) in [7, 11) is 0. The minimum atomic E-state index is -1.50. The third-order valence-electron chi connectivity index (χ3n) is 7.93. The number of Topliss-reactive ketones (excluding diaryl/α,β-unsaturated/α-hetero) is 1. The highest BCUT2D eigenvalue weighted by Crippen LogP contribution is 2.37. The lowest BCUT2D eigenvalue weighted by molar-refractivity contribution is -0.148. The third kappa shape index (κ3) is 9.94. The Bertz CT molecular complexity index is 1190. The second-order valence-electron chi connectivity index (χ2n) is 10.9. The standard InChI is InChI=1S/C9H14O2.C9H12O2.C9H10O.C7H8O4.CH4/c2*1-4-9(5-2)7(3)6-8(10)11-9;1-7-3-5-9(6-4-7)8(2)10;1-2-7(4-8)5(9)3-6(10)11-7;/h1,7-8,10H,5-6H2,2-3H3;1,7H,5-6H2,2-3H3;3-6H,1-2H3;1,5,8-9H,3-4H2;1H4/t7-,8?,9+;7-,9+;;5-,7+;/m00.0./s1. The number of ketones is 1. The summed E-state index contributed by atoms with van der Waals surface area (Å²) in [5.74, 6) is 7.04. The van der Waals surface area contributed by atoms with Gasteiger partial charge in [0.25, 0.3) is 0 Å². The minimum absolute atomic E-state index is 0. The third-order valence-corrected chi connectivity index (χ3v) is 7.93. The fraction of sp³-hybridized carbons (Fsp3) is 0.571. The van der Waals surface area contributed by atoms with Crippen LogP contribution in [0.15, 0.2) is 24.3 Å². The Hall–Kier alpha value is -3.65. The molecular formula is C35H48O9. The van der Waals surface area contributed by atoms with Crippen LogP contribution in [0.25, 0.3) is 0 Å². The summed E-state index contributed by atoms with van der Waals surface area (Å²) >= 11 is 0. The number of aliphatic hydroxyl groups is 3. The lowest BCUT2D eigenvalue weighted by Crippen LogP contribution is -2.41. The molecule has 3 saturated heterocycles. The Morgan fingerprint density at radius 2 is 1.36 bits per heavy atom. The maximum atomic E-state index is 10.9. The van der Waals surface area contributed by atoms with E-state index in [-0.39, 0.29) is 37.4 Å². The fourth-order valence-electron chi connectivity index (χ4n) is 4.80. The van der Waals surface area contributed by atoms with Crippen LogP contribution in [-0.4, -0.2) is 68.8 Å². The summed E-state index contributed by atoms with van der Waals surface area (Å²) in [6.45, 7) is 10.9. The number of carbonyl (C=O) groups is 3. The van der Waals surface area contributed by atoms with Gasteiger partial charge in [-0.05, 0) is 26.7 Å². The van der Waals surface area contributed by atoms with Crippen LogP contribution in [0.3, 0.4) is 0 Å². The molecule has 1 aromatic carbocycles. The molecule has 3 fully saturated rings. The molecule has 44 heavy (non-hydrogen) atoms. The Balaban J connectivity index is 0.000000556. The molecule has 7 atom stereocenters. The number of cyclic esters (lactones) is 2. The van der Waals surface area contributed by atoms with Gasteiger partial charge in [0, 0.05) is 23.8 Å². The lowest BCUT2D eigenvalue weighted by atomic mass is 9.87. The molecule has 0 radical (unpaired) electrons. The summed E-state index contributed by atoms with van der Waals surface area (Å²) in [4.78, 5) is 32.2. The zero-order chi connectivity index (χ0) is 33.0. The molecule has 9 nitrogen and oxygen atoms in total. The normalized spacial score (nSPS) is 31.3. The van der Waals surface area contributed by atoms with E-state index in [1.165, 1.54) is 5.56 Å². The molecule has 0 spiro atoms. The highest BCUT2D eigenvalue weighted by molar-refractivity contribution is 5.94. The predicted octanol–water partition coefficient (Wildman–Crippen LogP) is 3.99. The molecule has 3 heterocycles. The van der Waals surface area contributed by atoms with E-state index < -0.39 is 41.8 Å². The highest BCUT2D eigenvalue weighted by atomic mass is 16.6. The number of hydrogen-bond donors (Lipinski definition) is 3. The fourth-order valence-corrected chi connectivity index (χ4v) is 4.80. The van der Waals surface area contributed by atoms with Crippen LogP contribution in [0, 0.1) is 55.8 Å². The second kappa shape index (κ2) is 17.6. The van der Waals surface area contributed by atoms with E-state index in [0.717, 1.165) is 12.0 Å². The number of hydrogen-bond acceptors (Lipinski definition) is 9. The molecule has 1 unspecified atom stereocenters. The number of rotatable bonds is 4. The largest absolute Gasteiger partial charge is 0.446 e. The van der Waals surface area contributed by atoms with Crippen LogP contribution >= 0.6 is 0 Å². The number of carbonyl (C=O) groups excluding carboxylic acids is 3. The summed E-state index contributed by atoms with van der Waals surface area (Å²) in [5, 5.41) is 27.1. The van der Waals surface area contributed by atoms with Gasteiger partial charge >= 0.3 is 11.9 Å². The molecule has 1 aromatic rings. The molecule has 3 N–H and O–H groups in total. The van der Waals surface area contributed by atoms with Crippen molar-refractivity contribution in [1.82, 2.24) is 0 Å². The van der Waals surface area contributed by atoms with Crippen molar-refractivity contribution in [3.05, 3.63) is 35.4 Å². The van der Waals surface area contributed by atoms with Crippen molar-refractivity contribution >= 4 is 17.7 Å². The average molecular weight is 613 g/mol. The summed E-state index contributed by atoms with van der Waals surface area (Å²) in [5.41, 5.74) is -0.663. The van der Waals surface area contributed by atoms with Crippen molar-refractivity contribution in [1.29, 1.82) is 0 Å². The van der Waals surface area contributed by atoms with Crippen LogP contribution in [0.4, 0.5) is 0 Å². The van der Waals surface area contributed by atoms with Gasteiger partial charge in [0.05, 0.1) is 19.4 Å². The van der Waals surface area contributed by atoms with Crippen molar-refractivity contribution in [3.63, 3.8) is 0 Å². The van der Waals surface area contributed by atoms with Gasteiger partial charge in [-0.25, -0.2) is 0 Å². The number of esters is 2. The number of benzene rings is 1. The molecule has 3 aliphatic heterocycles. The molecular weight excluding hydrogens is 564 g/mol. The molecule has 0 aromatic heterocycles. The summed E-state index contributed by atoms with van der Waals surface area (Å²) < 4.78 is 14.9. The van der Waals surface area contributed by atoms with Crippen molar-refractivity contribution in [2.45, 2.75) is 110 Å². The summed E-state index contributed by atoms with van der Waals surface area (Å²) in [6, 6.07) is 7.57. The second-order valence-corrected chi connectivity index (χ2v) is 10.9. The monoisotopic (exact) mass is 612 g/mol. The number of aliphatic hydroxyl groups excluding tert-OH is 3. The molecule has 4 rings (SSSR count). The van der Waals surface area contributed by atoms with Gasteiger partial charge in [-0.1, -0.05) is 82.7 Å². The molecule has 0 aliphatic carbocycles. The number of ether oxygens (including phenoxy) is 3. The van der Waals surface area contributed by atoms with Gasteiger partial charge in [0.2, 0.25) is 5.60 Å². The molecule has 9 heteroatoms. The van der Waals surface area contributed by atoms with Gasteiger partial charge in [-0.2, -0.15) is 0 Å². The summed E-state index contributed by atoms with van der Waals surface area (Å²) in [6.07, 6.45) is 16.3. The Morgan fingerprint density at radius 3 is 1.59 bits per heavy atom. The van der Waals surface area contributed by atoms with Gasteiger partial charge in [-0.3, -0.25) is 14.4 Å². The first-order chi connectivity index (χ1) is 20.1. The van der Waals surface area contributed by atoms with E-state index in [2.05, 4.69) is 22.5 Å². The van der Waals surface area contributed by atoms with Crippen molar-refractivity contribution < 1.29 is 43.9 Å². The molecule has 0 bridgehead atoms. The number of terminal acetylenes is 3. The molecule has 0 amide bonds. The van der Waals surface area contributed by atoms with E-state index >= 15 is 0 Å². The van der Waals surface area contributed by atoms with Crippen LogP contribution in [0.1, 0.15) is 90.1 Å². The van der Waals surface area contributed by atoms with Gasteiger partial charge in [0.1, 0.15) is 11.7 Å². The van der Waals surface area contributed by atoms with E-state index in [4.69, 9.17) is 39.0 Å². The topological polar surface area (TPSA) is 140 Å². The Kier molecular flexibility index (Phi) is 16.1. The zero-order valence-electron chi connectivity index (χ0n) is 25.9. The minimum Gasteiger partial charge on any atom is -0.446 e. The van der Waals surface area contributed by atoms with Gasteiger partial charge in [0.15, 0.2) is 17.7 Å². The van der Waals surface area contributed by atoms with Crippen LogP contribution in [0.2, 0.25) is 0 Å². The van der Waals surface area contributed by atoms with E-state index in [1.807, 2.05) is 58.9 Å². The van der Waals surface area contributed by atoms with Crippen LogP contribution < -0.4 is 0 Å². The van der Waals surface area contributed by atoms with E-state index in [9.17, 15) is 19.5 Å². The molecule has 3 aliphatic rings. The van der Waals surface area contributed by atoms with Crippen molar-refractivity contribution in [2.75, 3.05) is 6.61 Å². The van der Waals surface area contributed by atoms with Gasteiger partial charge < -0.3 is 29.5 Å². The maximum absolute atomic E-state index is 10.9. The van der Waals surface area contributed by atoms with Gasteiger partial charge in [-0.15, -0.1) is 19.3 Å². The SMILES string of the molecule is C.C#C[C@]1(CC)OC(=O)C[C@@H]1C.C#C[C@]1(CC)OC(O)C[C@@H]1C.C#C[C@]1(CO)OC(=O)C[C@@H]1O.CC(=O)c1ccc(C)cc1.